The molecular formula is C15H16BrNO4S. The van der Waals surface area contributed by atoms with E-state index in [0.717, 1.165) is 17.4 Å². The molecule has 0 bridgehead atoms. The van der Waals surface area contributed by atoms with E-state index in [1.54, 1.807) is 6.08 Å². The van der Waals surface area contributed by atoms with Gasteiger partial charge in [0.25, 0.3) is 10.1 Å². The molecule has 0 spiro atoms. The first-order valence-corrected chi connectivity index (χ1v) is 9.13. The molecule has 0 saturated heterocycles. The Hall–Kier alpha value is -1.44. The predicted molar refractivity (Wildman–Crippen MR) is 87.9 cm³/mol. The molecule has 0 aliphatic heterocycles. The SMILES string of the molecule is C=CCC(OS(C)(=O)=O)c1nc(-c2ccc(C)cc2)c(Br)o1. The summed E-state index contributed by atoms with van der Waals surface area (Å²) in [5, 5.41) is 0. The molecule has 5 nitrogen and oxygen atoms in total. The standard InChI is InChI=1S/C15H16BrNO4S/c1-4-5-12(21-22(3,18)19)15-17-13(14(16)20-15)11-8-6-10(2)7-9-11/h4,6-9,12H,1,5H2,2-3H3. The van der Waals surface area contributed by atoms with Gasteiger partial charge in [-0.05, 0) is 22.9 Å². The summed E-state index contributed by atoms with van der Waals surface area (Å²) in [5.74, 6) is 0.188. The summed E-state index contributed by atoms with van der Waals surface area (Å²) in [4.78, 5) is 4.36. The van der Waals surface area contributed by atoms with Crippen LogP contribution in [0, 0.1) is 6.92 Å². The molecule has 0 amide bonds. The van der Waals surface area contributed by atoms with Crippen molar-refractivity contribution >= 4 is 26.0 Å². The molecule has 1 heterocycles. The van der Waals surface area contributed by atoms with Crippen molar-refractivity contribution in [1.29, 1.82) is 0 Å². The van der Waals surface area contributed by atoms with Gasteiger partial charge in [0, 0.05) is 12.0 Å². The second kappa shape index (κ2) is 6.76. The van der Waals surface area contributed by atoms with E-state index in [1.807, 2.05) is 31.2 Å². The van der Waals surface area contributed by atoms with Crippen LogP contribution in [-0.2, 0) is 14.3 Å². The normalized spacial score (nSPS) is 13.0. The van der Waals surface area contributed by atoms with E-state index in [4.69, 9.17) is 8.60 Å². The maximum Gasteiger partial charge on any atom is 0.265 e. The first-order valence-electron chi connectivity index (χ1n) is 6.52. The molecule has 0 N–H and O–H groups in total. The fraction of sp³-hybridized carbons (Fsp3) is 0.267. The monoisotopic (exact) mass is 385 g/mol. The number of benzene rings is 1. The van der Waals surface area contributed by atoms with Crippen LogP contribution in [0.2, 0.25) is 0 Å². The quantitative estimate of drug-likeness (QED) is 0.554. The summed E-state index contributed by atoms with van der Waals surface area (Å²) in [6.07, 6.45) is 1.98. The lowest BCUT2D eigenvalue weighted by atomic mass is 10.1. The van der Waals surface area contributed by atoms with Crippen LogP contribution in [0.15, 0.2) is 46.0 Å². The number of rotatable bonds is 6. The van der Waals surface area contributed by atoms with Crippen LogP contribution in [0.4, 0.5) is 0 Å². The van der Waals surface area contributed by atoms with Crippen molar-refractivity contribution in [3.8, 4) is 11.3 Å². The molecule has 2 rings (SSSR count). The van der Waals surface area contributed by atoms with Gasteiger partial charge in [-0.15, -0.1) is 6.58 Å². The molecule has 1 unspecified atom stereocenters. The average molecular weight is 386 g/mol. The van der Waals surface area contributed by atoms with E-state index in [1.165, 1.54) is 0 Å². The first kappa shape index (κ1) is 16.9. The maximum absolute atomic E-state index is 11.4. The number of halogens is 1. The van der Waals surface area contributed by atoms with E-state index < -0.39 is 16.2 Å². The second-order valence-electron chi connectivity index (χ2n) is 4.85. The Labute approximate surface area is 138 Å². The predicted octanol–water partition coefficient (Wildman–Crippen LogP) is 4.01. The van der Waals surface area contributed by atoms with Gasteiger partial charge in [-0.3, -0.25) is 4.18 Å². The van der Waals surface area contributed by atoms with Crippen molar-refractivity contribution in [1.82, 2.24) is 4.98 Å². The molecule has 1 atom stereocenters. The van der Waals surface area contributed by atoms with Gasteiger partial charge in [0.2, 0.25) is 5.89 Å². The van der Waals surface area contributed by atoms with Crippen molar-refractivity contribution in [2.75, 3.05) is 6.26 Å². The van der Waals surface area contributed by atoms with E-state index in [-0.39, 0.29) is 12.3 Å². The Kier molecular flexibility index (Phi) is 5.20. The third kappa shape index (κ3) is 4.28. The van der Waals surface area contributed by atoms with Crippen molar-refractivity contribution in [3.05, 3.63) is 53.0 Å². The molecular weight excluding hydrogens is 370 g/mol. The third-order valence-electron chi connectivity index (χ3n) is 2.87. The second-order valence-corrected chi connectivity index (χ2v) is 7.17. The van der Waals surface area contributed by atoms with Crippen molar-refractivity contribution in [3.63, 3.8) is 0 Å². The molecule has 7 heteroatoms. The van der Waals surface area contributed by atoms with Gasteiger partial charge in [-0.1, -0.05) is 35.9 Å². The Bertz CT molecular complexity index is 765. The van der Waals surface area contributed by atoms with Crippen LogP contribution >= 0.6 is 15.9 Å². The number of oxazole rings is 1. The Morgan fingerprint density at radius 3 is 2.59 bits per heavy atom. The minimum Gasteiger partial charge on any atom is -0.430 e. The average Bonchev–Trinajstić information content (AvgIpc) is 2.80. The number of nitrogens with zero attached hydrogens (tertiary/aromatic N) is 1. The van der Waals surface area contributed by atoms with Crippen molar-refractivity contribution in [2.24, 2.45) is 0 Å². The van der Waals surface area contributed by atoms with E-state index in [9.17, 15) is 8.42 Å². The van der Waals surface area contributed by atoms with Gasteiger partial charge in [-0.25, -0.2) is 4.98 Å². The highest BCUT2D eigenvalue weighted by Crippen LogP contribution is 2.33. The lowest BCUT2D eigenvalue weighted by molar-refractivity contribution is 0.180. The molecule has 0 aliphatic rings. The number of aryl methyl sites for hydroxylation is 1. The fourth-order valence-electron chi connectivity index (χ4n) is 1.89. The van der Waals surface area contributed by atoms with Crippen LogP contribution < -0.4 is 0 Å². The molecule has 22 heavy (non-hydrogen) atoms. The fourth-order valence-corrected chi connectivity index (χ4v) is 2.95. The molecule has 0 saturated carbocycles. The van der Waals surface area contributed by atoms with Crippen LogP contribution in [0.1, 0.15) is 24.0 Å². The van der Waals surface area contributed by atoms with Crippen LogP contribution in [0.3, 0.4) is 0 Å². The Morgan fingerprint density at radius 1 is 1.41 bits per heavy atom. The minimum absolute atomic E-state index is 0.188. The first-order chi connectivity index (χ1) is 10.3. The highest BCUT2D eigenvalue weighted by Gasteiger charge is 2.24. The van der Waals surface area contributed by atoms with Gasteiger partial charge in [0.15, 0.2) is 10.8 Å². The summed E-state index contributed by atoms with van der Waals surface area (Å²) in [5.41, 5.74) is 2.60. The zero-order chi connectivity index (χ0) is 16.3. The summed E-state index contributed by atoms with van der Waals surface area (Å²) >= 11 is 3.31. The van der Waals surface area contributed by atoms with Gasteiger partial charge >= 0.3 is 0 Å². The Morgan fingerprint density at radius 2 is 2.05 bits per heavy atom. The zero-order valence-electron chi connectivity index (χ0n) is 12.2. The summed E-state index contributed by atoms with van der Waals surface area (Å²) in [6, 6.07) is 7.76. The summed E-state index contributed by atoms with van der Waals surface area (Å²) in [6.45, 7) is 5.59. The maximum atomic E-state index is 11.4. The summed E-state index contributed by atoms with van der Waals surface area (Å²) in [7, 11) is -3.63. The third-order valence-corrected chi connectivity index (χ3v) is 3.99. The lowest BCUT2D eigenvalue weighted by Gasteiger charge is -2.10. The van der Waals surface area contributed by atoms with E-state index in [0.29, 0.717) is 10.4 Å². The lowest BCUT2D eigenvalue weighted by Crippen LogP contribution is -2.10. The Balaban J connectivity index is 2.38. The highest BCUT2D eigenvalue weighted by molar-refractivity contribution is 9.10. The topological polar surface area (TPSA) is 69.4 Å². The molecule has 0 fully saturated rings. The molecule has 1 aromatic heterocycles. The van der Waals surface area contributed by atoms with Gasteiger partial charge in [0.05, 0.1) is 6.26 Å². The van der Waals surface area contributed by atoms with E-state index in [2.05, 4.69) is 27.5 Å². The summed E-state index contributed by atoms with van der Waals surface area (Å²) < 4.78 is 33.7. The molecule has 0 radical (unpaired) electrons. The highest BCUT2D eigenvalue weighted by atomic mass is 79.9. The van der Waals surface area contributed by atoms with Crippen molar-refractivity contribution in [2.45, 2.75) is 19.4 Å². The largest absolute Gasteiger partial charge is 0.430 e. The van der Waals surface area contributed by atoms with E-state index >= 15 is 0 Å². The van der Waals surface area contributed by atoms with Crippen LogP contribution in [0.25, 0.3) is 11.3 Å². The minimum atomic E-state index is -3.63. The van der Waals surface area contributed by atoms with Crippen LogP contribution in [-0.4, -0.2) is 19.7 Å². The van der Waals surface area contributed by atoms with Crippen molar-refractivity contribution < 1.29 is 17.0 Å². The van der Waals surface area contributed by atoms with Crippen LogP contribution in [0.5, 0.6) is 0 Å². The number of aromatic nitrogens is 1. The molecule has 1 aromatic carbocycles. The van der Waals surface area contributed by atoms with Gasteiger partial charge in [0.1, 0.15) is 5.69 Å². The van der Waals surface area contributed by atoms with Gasteiger partial charge < -0.3 is 4.42 Å². The molecule has 118 valence electrons. The number of hydrogen-bond donors (Lipinski definition) is 0. The molecule has 0 aliphatic carbocycles. The smallest absolute Gasteiger partial charge is 0.265 e. The molecule has 2 aromatic rings. The number of hydrogen-bond acceptors (Lipinski definition) is 5. The zero-order valence-corrected chi connectivity index (χ0v) is 14.6. The van der Waals surface area contributed by atoms with Gasteiger partial charge in [-0.2, -0.15) is 8.42 Å².